The topological polar surface area (TPSA) is 78.6 Å². The van der Waals surface area contributed by atoms with Gasteiger partial charge < -0.3 is 13.9 Å². The maximum atomic E-state index is 12.1. The lowest BCUT2D eigenvalue weighted by atomic mass is 9.96. The Hall–Kier alpha value is -2.15. The van der Waals surface area contributed by atoms with Crippen LogP contribution < -0.4 is 0 Å². The van der Waals surface area contributed by atoms with Gasteiger partial charge >= 0.3 is 11.9 Å². The van der Waals surface area contributed by atoms with Crippen molar-refractivity contribution in [3.05, 3.63) is 39.3 Å². The van der Waals surface area contributed by atoms with E-state index in [1.807, 2.05) is 0 Å². The second-order valence-electron chi connectivity index (χ2n) is 4.49. The summed E-state index contributed by atoms with van der Waals surface area (Å²) in [5, 5.41) is 0. The summed E-state index contributed by atoms with van der Waals surface area (Å²) in [4.78, 5) is 28.5. The number of halogens is 1. The summed E-state index contributed by atoms with van der Waals surface area (Å²) in [5.41, 5.74) is 1.55. The molecule has 22 heavy (non-hydrogen) atoms. The molecule has 7 heteroatoms. The number of hydrogen-bond donors (Lipinski definition) is 0. The average Bonchev–Trinajstić information content (AvgIpc) is 2.91. The van der Waals surface area contributed by atoms with E-state index in [1.54, 1.807) is 26.0 Å². The zero-order chi connectivity index (χ0) is 16.4. The Kier molecular flexibility index (Phi) is 4.65. The Labute approximate surface area is 135 Å². The number of nitrogens with zero attached hydrogens (tertiary/aromatic N) is 1. The third kappa shape index (κ3) is 2.76. The van der Waals surface area contributed by atoms with E-state index in [4.69, 9.17) is 13.9 Å². The predicted octanol–water partition coefficient (Wildman–Crippen LogP) is 3.29. The van der Waals surface area contributed by atoms with Crippen molar-refractivity contribution in [1.82, 2.24) is 4.98 Å². The molecular weight excluding hydrogens is 354 g/mol. The van der Waals surface area contributed by atoms with Gasteiger partial charge in [0.25, 0.3) is 0 Å². The van der Waals surface area contributed by atoms with Gasteiger partial charge in [0.05, 0.1) is 36.7 Å². The molecule has 2 aromatic heterocycles. The maximum absolute atomic E-state index is 12.1. The van der Waals surface area contributed by atoms with Crippen molar-refractivity contribution in [2.45, 2.75) is 13.8 Å². The number of methoxy groups -OCH3 is 2. The number of carbonyl (C=O) groups is 2. The van der Waals surface area contributed by atoms with E-state index in [0.717, 1.165) is 0 Å². The number of pyridine rings is 1. The summed E-state index contributed by atoms with van der Waals surface area (Å²) in [6.07, 6.45) is 0. The molecule has 6 nitrogen and oxygen atoms in total. The van der Waals surface area contributed by atoms with Crippen molar-refractivity contribution in [3.8, 4) is 11.3 Å². The molecule has 0 bridgehead atoms. The van der Waals surface area contributed by atoms with Crippen molar-refractivity contribution in [3.63, 3.8) is 0 Å². The van der Waals surface area contributed by atoms with Crippen LogP contribution in [-0.4, -0.2) is 31.1 Å². The third-order valence-corrected chi connectivity index (χ3v) is 3.58. The molecule has 0 unspecified atom stereocenters. The van der Waals surface area contributed by atoms with Crippen LogP contribution in [0.15, 0.2) is 21.2 Å². The van der Waals surface area contributed by atoms with Gasteiger partial charge in [-0.2, -0.15) is 0 Å². The molecule has 0 aliphatic carbocycles. The summed E-state index contributed by atoms with van der Waals surface area (Å²) < 4.78 is 15.6. The Bertz CT molecular complexity index is 710. The highest BCUT2D eigenvalue weighted by molar-refractivity contribution is 9.10. The van der Waals surface area contributed by atoms with Crippen molar-refractivity contribution in [2.24, 2.45) is 0 Å². The summed E-state index contributed by atoms with van der Waals surface area (Å²) in [6, 6.07) is 3.32. The Balaban J connectivity index is 2.90. The van der Waals surface area contributed by atoms with E-state index in [1.165, 1.54) is 14.2 Å². The Morgan fingerprint density at radius 1 is 1.05 bits per heavy atom. The molecule has 0 spiro atoms. The smallest absolute Gasteiger partial charge is 0.340 e. The van der Waals surface area contributed by atoms with Crippen LogP contribution in [0.4, 0.5) is 0 Å². The largest absolute Gasteiger partial charge is 0.465 e. The minimum Gasteiger partial charge on any atom is -0.465 e. The number of ether oxygens (including phenoxy) is 2. The van der Waals surface area contributed by atoms with E-state index in [2.05, 4.69) is 20.9 Å². The van der Waals surface area contributed by atoms with Crippen molar-refractivity contribution < 1.29 is 23.5 Å². The van der Waals surface area contributed by atoms with E-state index >= 15 is 0 Å². The van der Waals surface area contributed by atoms with Crippen molar-refractivity contribution >= 4 is 27.9 Å². The van der Waals surface area contributed by atoms with Gasteiger partial charge in [0, 0.05) is 5.56 Å². The first-order valence-corrected chi connectivity index (χ1v) is 7.13. The second-order valence-corrected chi connectivity index (χ2v) is 5.28. The molecule has 0 N–H and O–H groups in total. The molecule has 0 aliphatic rings. The van der Waals surface area contributed by atoms with Gasteiger partial charge in [0.15, 0.2) is 4.67 Å². The van der Waals surface area contributed by atoms with E-state index < -0.39 is 11.9 Å². The minimum atomic E-state index is -0.599. The van der Waals surface area contributed by atoms with Gasteiger partial charge in [-0.1, -0.05) is 0 Å². The SMILES string of the molecule is COC(=O)c1c(C)nc(C)c(C(=O)OC)c1-c1ccc(Br)o1. The van der Waals surface area contributed by atoms with Crippen LogP contribution in [0.25, 0.3) is 11.3 Å². The lowest BCUT2D eigenvalue weighted by Gasteiger charge is -2.15. The number of aryl methyl sites for hydroxylation is 2. The van der Waals surface area contributed by atoms with Crippen LogP contribution in [0.3, 0.4) is 0 Å². The fraction of sp³-hybridized carbons (Fsp3) is 0.267. The first-order valence-electron chi connectivity index (χ1n) is 6.34. The lowest BCUT2D eigenvalue weighted by Crippen LogP contribution is -2.15. The van der Waals surface area contributed by atoms with Crippen LogP contribution in [0.2, 0.25) is 0 Å². The van der Waals surface area contributed by atoms with Gasteiger partial charge in [-0.25, -0.2) is 9.59 Å². The summed E-state index contributed by atoms with van der Waals surface area (Å²) >= 11 is 3.21. The zero-order valence-electron chi connectivity index (χ0n) is 12.5. The summed E-state index contributed by atoms with van der Waals surface area (Å²) in [6.45, 7) is 3.34. The van der Waals surface area contributed by atoms with Gasteiger partial charge in [-0.15, -0.1) is 0 Å². The zero-order valence-corrected chi connectivity index (χ0v) is 14.1. The van der Waals surface area contributed by atoms with Crippen LogP contribution in [-0.2, 0) is 9.47 Å². The summed E-state index contributed by atoms with van der Waals surface area (Å²) in [7, 11) is 2.53. The van der Waals surface area contributed by atoms with E-state index in [0.29, 0.717) is 27.4 Å². The number of rotatable bonds is 3. The van der Waals surface area contributed by atoms with Crippen molar-refractivity contribution in [1.29, 1.82) is 0 Å². The average molecular weight is 368 g/mol. The number of aromatic nitrogens is 1. The molecule has 0 aliphatic heterocycles. The first kappa shape index (κ1) is 16.2. The molecule has 2 rings (SSSR count). The van der Waals surface area contributed by atoms with Gasteiger partial charge in [-0.3, -0.25) is 4.98 Å². The number of furan rings is 1. The molecule has 2 aromatic rings. The molecule has 0 saturated carbocycles. The fourth-order valence-corrected chi connectivity index (χ4v) is 2.56. The molecule has 0 amide bonds. The summed E-state index contributed by atoms with van der Waals surface area (Å²) in [5.74, 6) is -0.850. The molecule has 0 atom stereocenters. The van der Waals surface area contributed by atoms with Crippen LogP contribution in [0, 0.1) is 13.8 Å². The van der Waals surface area contributed by atoms with E-state index in [-0.39, 0.29) is 11.1 Å². The van der Waals surface area contributed by atoms with Gasteiger partial charge in [0.2, 0.25) is 0 Å². The lowest BCUT2D eigenvalue weighted by molar-refractivity contribution is 0.0598. The number of carbonyl (C=O) groups excluding carboxylic acids is 2. The number of hydrogen-bond acceptors (Lipinski definition) is 6. The molecule has 2 heterocycles. The van der Waals surface area contributed by atoms with Crippen LogP contribution in [0.1, 0.15) is 32.1 Å². The predicted molar refractivity (Wildman–Crippen MR) is 81.8 cm³/mol. The van der Waals surface area contributed by atoms with Crippen molar-refractivity contribution in [2.75, 3.05) is 14.2 Å². The molecule has 0 saturated heterocycles. The highest BCUT2D eigenvalue weighted by Crippen LogP contribution is 2.34. The van der Waals surface area contributed by atoms with Gasteiger partial charge in [0.1, 0.15) is 5.76 Å². The Morgan fingerprint density at radius 3 is 1.91 bits per heavy atom. The molecule has 0 fully saturated rings. The van der Waals surface area contributed by atoms with E-state index in [9.17, 15) is 9.59 Å². The second kappa shape index (κ2) is 6.31. The molecule has 116 valence electrons. The van der Waals surface area contributed by atoms with Crippen LogP contribution >= 0.6 is 15.9 Å². The quantitative estimate of drug-likeness (QED) is 0.774. The monoisotopic (exact) mass is 367 g/mol. The highest BCUT2D eigenvalue weighted by Gasteiger charge is 2.28. The van der Waals surface area contributed by atoms with Crippen LogP contribution in [0.5, 0.6) is 0 Å². The highest BCUT2D eigenvalue weighted by atomic mass is 79.9. The number of esters is 2. The standard InChI is InChI=1S/C15H14BrNO5/c1-7-11(14(18)20-3)13(9-5-6-10(16)22-9)12(8(2)17-7)15(19)21-4/h5-6H,1-4H3. The fourth-order valence-electron chi connectivity index (χ4n) is 2.25. The third-order valence-electron chi connectivity index (χ3n) is 3.16. The minimum absolute atomic E-state index is 0.176. The van der Waals surface area contributed by atoms with Gasteiger partial charge in [-0.05, 0) is 41.9 Å². The Morgan fingerprint density at radius 2 is 1.55 bits per heavy atom. The normalized spacial score (nSPS) is 10.4. The first-order chi connectivity index (χ1) is 10.4. The molecule has 0 aromatic carbocycles. The molecule has 0 radical (unpaired) electrons. The maximum Gasteiger partial charge on any atom is 0.340 e. The molecular formula is C15H14BrNO5.